The Labute approximate surface area is 63.3 Å². The van der Waals surface area contributed by atoms with Crippen molar-refractivity contribution in [2.45, 2.75) is 12.8 Å². The van der Waals surface area contributed by atoms with Gasteiger partial charge in [0, 0.05) is 12.3 Å². The summed E-state index contributed by atoms with van der Waals surface area (Å²) in [6, 6.07) is 0. The Morgan fingerprint density at radius 3 is 2.80 bits per heavy atom. The van der Waals surface area contributed by atoms with Crippen molar-refractivity contribution in [3.63, 3.8) is 0 Å². The van der Waals surface area contributed by atoms with Gasteiger partial charge in [0.05, 0.1) is 5.92 Å². The molecule has 1 heterocycles. The maximum Gasteiger partial charge on any atom is 0.317 e. The van der Waals surface area contributed by atoms with Gasteiger partial charge in [-0.2, -0.15) is 0 Å². The van der Waals surface area contributed by atoms with E-state index in [2.05, 4.69) is 4.74 Å². The van der Waals surface area contributed by atoms with E-state index < -0.39 is 11.9 Å². The molecule has 1 unspecified atom stereocenters. The van der Waals surface area contributed by atoms with E-state index in [1.165, 1.54) is 0 Å². The molecule has 1 aliphatic heterocycles. The number of hydrogen-bond donors (Lipinski definition) is 0. The summed E-state index contributed by atoms with van der Waals surface area (Å²) in [6.07, 6.45) is 0.838. The van der Waals surface area contributed by atoms with Crippen molar-refractivity contribution in [1.29, 1.82) is 0 Å². The van der Waals surface area contributed by atoms with Crippen LogP contribution in [0.1, 0.15) is 12.8 Å². The Kier molecular flexibility index (Phi) is 2.27. The van der Waals surface area contributed by atoms with E-state index in [1.807, 2.05) is 0 Å². The molecule has 1 aliphatic rings. The molecule has 1 rings (SSSR count). The number of ether oxygens (including phenoxy) is 1. The minimum absolute atomic E-state index is 0.242. The van der Waals surface area contributed by atoms with Gasteiger partial charge in [-0.25, -0.2) is 0 Å². The molecule has 10 heavy (non-hydrogen) atoms. The van der Waals surface area contributed by atoms with Crippen LogP contribution in [0.5, 0.6) is 0 Å². The second-order valence-corrected chi connectivity index (χ2v) is 2.49. The molecule has 0 spiro atoms. The Morgan fingerprint density at radius 2 is 2.30 bits per heavy atom. The predicted molar refractivity (Wildman–Crippen MR) is 34.5 cm³/mol. The van der Waals surface area contributed by atoms with Crippen molar-refractivity contribution < 1.29 is 14.3 Å². The number of carbonyl (C=O) groups is 2. The van der Waals surface area contributed by atoms with E-state index in [4.69, 9.17) is 11.6 Å². The van der Waals surface area contributed by atoms with Crippen LogP contribution in [0, 0.1) is 5.92 Å². The molecule has 56 valence electrons. The summed E-state index contributed by atoms with van der Waals surface area (Å²) in [4.78, 5) is 21.2. The van der Waals surface area contributed by atoms with Crippen LogP contribution in [0.25, 0.3) is 0 Å². The third-order valence-corrected chi connectivity index (χ3v) is 1.80. The SMILES string of the molecule is O=C1CCC(CCl)C(=O)O1. The summed E-state index contributed by atoms with van der Waals surface area (Å²) in [5, 5.41) is 0. The van der Waals surface area contributed by atoms with Crippen molar-refractivity contribution in [2.24, 2.45) is 5.92 Å². The molecule has 0 aromatic carbocycles. The highest BCUT2D eigenvalue weighted by atomic mass is 35.5. The predicted octanol–water partition coefficient (Wildman–Crippen LogP) is 0.705. The van der Waals surface area contributed by atoms with Crippen LogP contribution in [0.2, 0.25) is 0 Å². The summed E-state index contributed by atoms with van der Waals surface area (Å²) >= 11 is 5.41. The fraction of sp³-hybridized carbons (Fsp3) is 0.667. The van der Waals surface area contributed by atoms with Gasteiger partial charge in [0.15, 0.2) is 0 Å². The highest BCUT2D eigenvalue weighted by molar-refractivity contribution is 6.19. The third-order valence-electron chi connectivity index (χ3n) is 1.43. The zero-order valence-corrected chi connectivity index (χ0v) is 6.06. The molecule has 0 amide bonds. The molecule has 1 saturated heterocycles. The van der Waals surface area contributed by atoms with Crippen LogP contribution >= 0.6 is 11.6 Å². The first kappa shape index (κ1) is 7.54. The number of cyclic esters (lactones) is 2. The normalized spacial score (nSPS) is 26.3. The maximum absolute atomic E-state index is 10.7. The van der Waals surface area contributed by atoms with Crippen LogP contribution < -0.4 is 0 Å². The fourth-order valence-electron chi connectivity index (χ4n) is 0.797. The lowest BCUT2D eigenvalue weighted by Crippen LogP contribution is -2.28. The zero-order valence-electron chi connectivity index (χ0n) is 5.30. The maximum atomic E-state index is 10.7. The Morgan fingerprint density at radius 1 is 1.60 bits per heavy atom. The van der Waals surface area contributed by atoms with Gasteiger partial charge in [-0.05, 0) is 6.42 Å². The Balaban J connectivity index is 2.51. The fourth-order valence-corrected chi connectivity index (χ4v) is 1.08. The number of esters is 2. The first-order valence-corrected chi connectivity index (χ1v) is 3.58. The first-order valence-electron chi connectivity index (χ1n) is 3.04. The minimum Gasteiger partial charge on any atom is -0.393 e. The second-order valence-electron chi connectivity index (χ2n) is 2.18. The van der Waals surface area contributed by atoms with Crippen LogP contribution in [0.4, 0.5) is 0 Å². The van der Waals surface area contributed by atoms with Crippen LogP contribution in [0.15, 0.2) is 0 Å². The third kappa shape index (κ3) is 1.48. The number of rotatable bonds is 1. The van der Waals surface area contributed by atoms with Gasteiger partial charge < -0.3 is 4.74 Å². The smallest absolute Gasteiger partial charge is 0.317 e. The highest BCUT2D eigenvalue weighted by Crippen LogP contribution is 2.16. The van der Waals surface area contributed by atoms with Crippen molar-refractivity contribution in [2.75, 3.05) is 5.88 Å². The topological polar surface area (TPSA) is 43.4 Å². The number of alkyl halides is 1. The van der Waals surface area contributed by atoms with Gasteiger partial charge in [0.25, 0.3) is 0 Å². The van der Waals surface area contributed by atoms with Crippen molar-refractivity contribution >= 4 is 23.5 Å². The van der Waals surface area contributed by atoms with Gasteiger partial charge in [-0.15, -0.1) is 11.6 Å². The minimum atomic E-state index is -0.480. The number of carbonyl (C=O) groups excluding carboxylic acids is 2. The standard InChI is InChI=1S/C6H7ClO3/c7-3-4-1-2-5(8)10-6(4)9/h4H,1-3H2. The van der Waals surface area contributed by atoms with E-state index in [9.17, 15) is 9.59 Å². The van der Waals surface area contributed by atoms with E-state index in [1.54, 1.807) is 0 Å². The van der Waals surface area contributed by atoms with E-state index >= 15 is 0 Å². The summed E-state index contributed by atoms with van der Waals surface area (Å²) in [5.41, 5.74) is 0. The Hall–Kier alpha value is -0.570. The van der Waals surface area contributed by atoms with Gasteiger partial charge in [-0.1, -0.05) is 0 Å². The highest BCUT2D eigenvalue weighted by Gasteiger charge is 2.27. The summed E-state index contributed by atoms with van der Waals surface area (Å²) in [5.74, 6) is -0.955. The molecule has 0 aromatic rings. The van der Waals surface area contributed by atoms with Gasteiger partial charge in [0.1, 0.15) is 0 Å². The lowest BCUT2D eigenvalue weighted by molar-refractivity contribution is -0.166. The molecule has 4 heteroatoms. The molecular formula is C6H7ClO3. The van der Waals surface area contributed by atoms with Crippen molar-refractivity contribution in [3.05, 3.63) is 0 Å². The average molecular weight is 163 g/mol. The summed E-state index contributed by atoms with van der Waals surface area (Å²) in [6.45, 7) is 0. The van der Waals surface area contributed by atoms with E-state index in [-0.39, 0.29) is 11.8 Å². The lowest BCUT2D eigenvalue weighted by Gasteiger charge is -2.16. The molecule has 1 atom stereocenters. The summed E-state index contributed by atoms with van der Waals surface area (Å²) in [7, 11) is 0. The van der Waals surface area contributed by atoms with Gasteiger partial charge in [-0.3, -0.25) is 9.59 Å². The molecule has 0 aromatic heterocycles. The molecule has 0 radical (unpaired) electrons. The van der Waals surface area contributed by atoms with Crippen molar-refractivity contribution in [1.82, 2.24) is 0 Å². The zero-order chi connectivity index (χ0) is 7.56. The van der Waals surface area contributed by atoms with Gasteiger partial charge in [0.2, 0.25) is 0 Å². The quantitative estimate of drug-likeness (QED) is 0.324. The van der Waals surface area contributed by atoms with Crippen LogP contribution in [0.3, 0.4) is 0 Å². The van der Waals surface area contributed by atoms with E-state index in [0.29, 0.717) is 12.8 Å². The van der Waals surface area contributed by atoms with Crippen LogP contribution in [-0.2, 0) is 14.3 Å². The van der Waals surface area contributed by atoms with E-state index in [0.717, 1.165) is 0 Å². The van der Waals surface area contributed by atoms with Crippen LogP contribution in [-0.4, -0.2) is 17.8 Å². The molecule has 1 fully saturated rings. The average Bonchev–Trinajstić information content (AvgIpc) is 1.88. The van der Waals surface area contributed by atoms with Gasteiger partial charge >= 0.3 is 11.9 Å². The second kappa shape index (κ2) is 3.01. The molecule has 0 aliphatic carbocycles. The molecule has 0 bridgehead atoms. The number of hydrogen-bond acceptors (Lipinski definition) is 3. The molecule has 0 saturated carbocycles. The lowest BCUT2D eigenvalue weighted by atomic mass is 10.0. The number of halogens is 1. The largest absolute Gasteiger partial charge is 0.393 e. The molecule has 0 N–H and O–H groups in total. The molecule has 3 nitrogen and oxygen atoms in total. The molecular weight excluding hydrogens is 156 g/mol. The monoisotopic (exact) mass is 162 g/mol. The Bertz CT molecular complexity index is 166. The summed E-state index contributed by atoms with van der Waals surface area (Å²) < 4.78 is 4.33. The first-order chi connectivity index (χ1) is 4.74. The van der Waals surface area contributed by atoms with Crippen molar-refractivity contribution in [3.8, 4) is 0 Å².